The summed E-state index contributed by atoms with van der Waals surface area (Å²) in [5, 5.41) is 6.25. The third-order valence-electron chi connectivity index (χ3n) is 4.67. The second kappa shape index (κ2) is 8.24. The number of carbonyl (C=O) groups is 1. The van der Waals surface area contributed by atoms with E-state index in [1.165, 1.54) is 18.5 Å². The fourth-order valence-electron chi connectivity index (χ4n) is 2.93. The van der Waals surface area contributed by atoms with Gasteiger partial charge in [-0.25, -0.2) is 12.4 Å². The van der Waals surface area contributed by atoms with Crippen LogP contribution in [0, 0.1) is 12.8 Å². The molecule has 1 aliphatic heterocycles. The van der Waals surface area contributed by atoms with Crippen molar-refractivity contribution in [3.63, 3.8) is 0 Å². The zero-order valence-corrected chi connectivity index (χ0v) is 16.4. The summed E-state index contributed by atoms with van der Waals surface area (Å²) in [6.45, 7) is 5.70. The summed E-state index contributed by atoms with van der Waals surface area (Å²) >= 11 is 0. The van der Waals surface area contributed by atoms with Crippen LogP contribution in [0.25, 0.3) is 0 Å². The van der Waals surface area contributed by atoms with E-state index in [1.54, 1.807) is 24.3 Å². The van der Waals surface area contributed by atoms with Crippen LogP contribution in [-0.4, -0.2) is 37.4 Å². The molecule has 2 aromatic rings. The van der Waals surface area contributed by atoms with Gasteiger partial charge in [-0.1, -0.05) is 24.6 Å². The Balaban J connectivity index is 0.00000243. The van der Waals surface area contributed by atoms with Gasteiger partial charge in [0.05, 0.1) is 10.5 Å². The Hall–Kier alpha value is -1.83. The smallest absolute Gasteiger partial charge is 0.267 e. The maximum absolute atomic E-state index is 12.6. The number of nitrogens with zero attached hydrogens (tertiary/aromatic N) is 1. The Kier molecular flexibility index (Phi) is 6.49. The van der Waals surface area contributed by atoms with Crippen LogP contribution in [-0.2, 0) is 10.0 Å². The molecule has 1 amide bonds. The van der Waals surface area contributed by atoms with Crippen molar-refractivity contribution in [2.24, 2.45) is 5.92 Å². The molecule has 0 spiro atoms. The minimum absolute atomic E-state index is 0. The molecule has 1 aromatic heterocycles. The Morgan fingerprint density at radius 1 is 1.23 bits per heavy atom. The number of hydrogen-bond donors (Lipinski definition) is 2. The van der Waals surface area contributed by atoms with Gasteiger partial charge in [-0.2, -0.15) is 0 Å². The van der Waals surface area contributed by atoms with Crippen LogP contribution in [0.5, 0.6) is 0 Å². The fourth-order valence-corrected chi connectivity index (χ4v) is 4.12. The normalized spacial score (nSPS) is 20.2. The largest absolute Gasteiger partial charge is 0.348 e. The second-order valence-electron chi connectivity index (χ2n) is 6.60. The Bertz CT molecular complexity index is 862. The van der Waals surface area contributed by atoms with E-state index in [1.807, 2.05) is 6.92 Å². The molecule has 2 atom stereocenters. The minimum atomic E-state index is -3.69. The lowest BCUT2D eigenvalue weighted by Gasteiger charge is -2.30. The summed E-state index contributed by atoms with van der Waals surface area (Å²) < 4.78 is 26.4. The van der Waals surface area contributed by atoms with Crippen molar-refractivity contribution < 1.29 is 13.2 Å². The molecule has 0 aliphatic carbocycles. The molecular formula is C18H24ClN3O3S. The standard InChI is InChI=1S/C18H23N3O3S.ClH/c1-13-3-5-16(6-4-13)25(23,24)21-10-8-15(12-21)18(22)20-17-11-19-9-7-14(17)2;/h3-6,8,10,12,14,17,19H,7,9,11H2,1-2H3,(H,20,22);1H. The maximum atomic E-state index is 12.6. The average Bonchev–Trinajstić information content (AvgIpc) is 3.08. The Morgan fingerprint density at radius 2 is 1.92 bits per heavy atom. The van der Waals surface area contributed by atoms with E-state index in [0.717, 1.165) is 29.0 Å². The summed E-state index contributed by atoms with van der Waals surface area (Å²) in [6, 6.07) is 8.23. The number of rotatable bonds is 4. The Morgan fingerprint density at radius 3 is 2.58 bits per heavy atom. The van der Waals surface area contributed by atoms with Crippen molar-refractivity contribution in [1.29, 1.82) is 0 Å². The molecular weight excluding hydrogens is 374 g/mol. The number of benzene rings is 1. The lowest BCUT2D eigenvalue weighted by molar-refractivity contribution is 0.0915. The molecule has 8 heteroatoms. The van der Waals surface area contributed by atoms with Crippen LogP contribution >= 0.6 is 12.4 Å². The van der Waals surface area contributed by atoms with Crippen molar-refractivity contribution in [3.05, 3.63) is 53.9 Å². The van der Waals surface area contributed by atoms with Gasteiger partial charge in [-0.05, 0) is 44.0 Å². The van der Waals surface area contributed by atoms with E-state index in [0.29, 0.717) is 11.5 Å². The number of nitrogens with one attached hydrogen (secondary N) is 2. The van der Waals surface area contributed by atoms with Gasteiger partial charge < -0.3 is 10.6 Å². The predicted octanol–water partition coefficient (Wildman–Crippen LogP) is 2.18. The summed E-state index contributed by atoms with van der Waals surface area (Å²) in [6.07, 6.45) is 3.78. The van der Waals surface area contributed by atoms with Crippen LogP contribution in [0.15, 0.2) is 47.6 Å². The first kappa shape index (κ1) is 20.5. The van der Waals surface area contributed by atoms with Crippen LogP contribution in [0.3, 0.4) is 0 Å². The number of carbonyl (C=O) groups excluding carboxylic acids is 1. The third kappa shape index (κ3) is 4.28. The number of aryl methyl sites for hydroxylation is 1. The molecule has 0 bridgehead atoms. The van der Waals surface area contributed by atoms with Crippen molar-refractivity contribution in [1.82, 2.24) is 14.6 Å². The topological polar surface area (TPSA) is 80.2 Å². The maximum Gasteiger partial charge on any atom is 0.267 e. The summed E-state index contributed by atoms with van der Waals surface area (Å²) in [4.78, 5) is 12.6. The van der Waals surface area contributed by atoms with Crippen LogP contribution in [0.1, 0.15) is 29.3 Å². The summed E-state index contributed by atoms with van der Waals surface area (Å²) in [7, 11) is -3.69. The molecule has 1 aliphatic rings. The van der Waals surface area contributed by atoms with Crippen LogP contribution < -0.4 is 10.6 Å². The van der Waals surface area contributed by atoms with E-state index < -0.39 is 10.0 Å². The quantitative estimate of drug-likeness (QED) is 0.828. The van der Waals surface area contributed by atoms with Gasteiger partial charge >= 0.3 is 0 Å². The van der Waals surface area contributed by atoms with Gasteiger partial charge in [0.15, 0.2) is 0 Å². The van der Waals surface area contributed by atoms with Crippen molar-refractivity contribution in [2.45, 2.75) is 31.2 Å². The molecule has 1 fully saturated rings. The molecule has 2 heterocycles. The molecule has 2 N–H and O–H groups in total. The first-order valence-electron chi connectivity index (χ1n) is 8.40. The van der Waals surface area contributed by atoms with E-state index in [-0.39, 0.29) is 29.3 Å². The van der Waals surface area contributed by atoms with Gasteiger partial charge in [0, 0.05) is 25.0 Å². The van der Waals surface area contributed by atoms with Crippen molar-refractivity contribution in [2.75, 3.05) is 13.1 Å². The molecule has 26 heavy (non-hydrogen) atoms. The first-order chi connectivity index (χ1) is 11.9. The predicted molar refractivity (Wildman–Crippen MR) is 103 cm³/mol. The van der Waals surface area contributed by atoms with E-state index >= 15 is 0 Å². The van der Waals surface area contributed by atoms with Gasteiger partial charge in [0.2, 0.25) is 0 Å². The fraction of sp³-hybridized carbons (Fsp3) is 0.389. The van der Waals surface area contributed by atoms with Crippen LogP contribution in [0.2, 0.25) is 0 Å². The van der Waals surface area contributed by atoms with Crippen LogP contribution in [0.4, 0.5) is 0 Å². The van der Waals surface area contributed by atoms with Gasteiger partial charge in [-0.15, -0.1) is 12.4 Å². The molecule has 1 saturated heterocycles. The highest BCUT2D eigenvalue weighted by atomic mass is 35.5. The average molecular weight is 398 g/mol. The third-order valence-corrected chi connectivity index (χ3v) is 6.32. The van der Waals surface area contributed by atoms with Crippen molar-refractivity contribution >= 4 is 28.3 Å². The Labute approximate surface area is 160 Å². The van der Waals surface area contributed by atoms with Gasteiger partial charge in [-0.3, -0.25) is 4.79 Å². The monoisotopic (exact) mass is 397 g/mol. The number of hydrogen-bond acceptors (Lipinski definition) is 4. The zero-order chi connectivity index (χ0) is 18.0. The molecule has 2 unspecified atom stereocenters. The highest BCUT2D eigenvalue weighted by Gasteiger charge is 2.24. The number of halogens is 1. The highest BCUT2D eigenvalue weighted by molar-refractivity contribution is 7.90. The number of aromatic nitrogens is 1. The molecule has 142 valence electrons. The minimum Gasteiger partial charge on any atom is -0.348 e. The molecule has 1 aromatic carbocycles. The lowest BCUT2D eigenvalue weighted by Crippen LogP contribution is -2.50. The van der Waals surface area contributed by atoms with E-state index in [2.05, 4.69) is 17.6 Å². The SMILES string of the molecule is Cc1ccc(S(=O)(=O)n2ccc(C(=O)NC3CNCCC3C)c2)cc1.Cl. The number of amides is 1. The summed E-state index contributed by atoms with van der Waals surface area (Å²) in [5.41, 5.74) is 1.33. The first-order valence-corrected chi connectivity index (χ1v) is 9.84. The molecule has 0 saturated carbocycles. The number of piperidine rings is 1. The molecule has 6 nitrogen and oxygen atoms in total. The highest BCUT2D eigenvalue weighted by Crippen LogP contribution is 2.17. The molecule has 0 radical (unpaired) electrons. The van der Waals surface area contributed by atoms with E-state index in [9.17, 15) is 13.2 Å². The molecule has 3 rings (SSSR count). The van der Waals surface area contributed by atoms with Gasteiger partial charge in [0.1, 0.15) is 0 Å². The van der Waals surface area contributed by atoms with Crippen molar-refractivity contribution in [3.8, 4) is 0 Å². The summed E-state index contributed by atoms with van der Waals surface area (Å²) in [5.74, 6) is 0.141. The second-order valence-corrected chi connectivity index (χ2v) is 8.44. The lowest BCUT2D eigenvalue weighted by atomic mass is 9.94. The van der Waals surface area contributed by atoms with Gasteiger partial charge in [0.25, 0.3) is 15.9 Å². The zero-order valence-electron chi connectivity index (χ0n) is 14.8. The van der Waals surface area contributed by atoms with E-state index in [4.69, 9.17) is 0 Å².